The van der Waals surface area contributed by atoms with E-state index in [0.717, 1.165) is 52.4 Å². The molecule has 0 saturated heterocycles. The number of benzene rings is 5. The molecule has 0 radical (unpaired) electrons. The van der Waals surface area contributed by atoms with E-state index in [1.165, 1.54) is 22.3 Å². The normalized spacial score (nSPS) is 16.6. The maximum atomic E-state index is 8.57. The zero-order valence-electron chi connectivity index (χ0n) is 34.3. The van der Waals surface area contributed by atoms with Gasteiger partial charge in [-0.15, -0.1) is 0 Å². The number of aryl methyl sites for hydroxylation is 1. The predicted octanol–water partition coefficient (Wildman–Crippen LogP) is 13.8. The standard InChI is InChI=1S/C47H56N2/c1-32-27-37(48-36-20-17-34(18-21-36)44(2,3)4)30-39(28-32)49(38-22-23-41-42(31-38)47(10,11)26-25-46(41,8)9)43-24-19-35(45(5,6)7)29-40(43)33-15-13-12-14-16-33/h12-24,27-31,48H,25-26H2,1-11H3/i1D3. The Kier molecular flexibility index (Phi) is 7.87. The lowest BCUT2D eigenvalue weighted by molar-refractivity contribution is 0.332. The highest BCUT2D eigenvalue weighted by atomic mass is 15.1. The van der Waals surface area contributed by atoms with Gasteiger partial charge >= 0.3 is 0 Å². The monoisotopic (exact) mass is 651 g/mol. The van der Waals surface area contributed by atoms with Crippen LogP contribution in [0, 0.1) is 6.85 Å². The minimum absolute atomic E-state index is 0.00262. The zero-order valence-corrected chi connectivity index (χ0v) is 31.3. The van der Waals surface area contributed by atoms with E-state index in [1.54, 1.807) is 6.07 Å². The molecule has 254 valence electrons. The number of fused-ring (bicyclic) bond motifs is 1. The summed E-state index contributed by atoms with van der Waals surface area (Å²) < 4.78 is 25.7. The van der Waals surface area contributed by atoms with Crippen LogP contribution < -0.4 is 10.2 Å². The van der Waals surface area contributed by atoms with E-state index in [1.807, 2.05) is 12.1 Å². The third kappa shape index (κ3) is 7.20. The van der Waals surface area contributed by atoms with Crippen LogP contribution in [0.15, 0.2) is 109 Å². The molecule has 2 nitrogen and oxygen atoms in total. The van der Waals surface area contributed by atoms with E-state index < -0.39 is 6.85 Å². The first-order valence-electron chi connectivity index (χ1n) is 19.3. The molecule has 1 N–H and O–H groups in total. The first-order valence-corrected chi connectivity index (χ1v) is 17.8. The molecule has 1 aliphatic carbocycles. The Morgan fingerprint density at radius 2 is 1.22 bits per heavy atom. The highest BCUT2D eigenvalue weighted by Gasteiger charge is 2.37. The molecule has 0 heterocycles. The first-order chi connectivity index (χ1) is 24.1. The number of nitrogens with zero attached hydrogens (tertiary/aromatic N) is 1. The molecule has 5 aromatic carbocycles. The van der Waals surface area contributed by atoms with E-state index in [4.69, 9.17) is 4.11 Å². The smallest absolute Gasteiger partial charge is 0.0540 e. The lowest BCUT2D eigenvalue weighted by Crippen LogP contribution is -2.34. The van der Waals surface area contributed by atoms with E-state index in [0.29, 0.717) is 0 Å². The van der Waals surface area contributed by atoms with E-state index in [9.17, 15) is 0 Å². The third-order valence-corrected chi connectivity index (χ3v) is 10.5. The van der Waals surface area contributed by atoms with Gasteiger partial charge in [-0.05, 0) is 129 Å². The molecular weight excluding hydrogens is 593 g/mol. The molecule has 0 fully saturated rings. The minimum atomic E-state index is -2.31. The highest BCUT2D eigenvalue weighted by molar-refractivity contribution is 5.90. The maximum absolute atomic E-state index is 8.57. The number of hydrogen-bond donors (Lipinski definition) is 1. The van der Waals surface area contributed by atoms with Crippen molar-refractivity contribution < 1.29 is 4.11 Å². The van der Waals surface area contributed by atoms with Gasteiger partial charge in [-0.1, -0.05) is 124 Å². The summed E-state index contributed by atoms with van der Waals surface area (Å²) in [5.74, 6) is 0. The lowest BCUT2D eigenvalue weighted by atomic mass is 9.63. The highest BCUT2D eigenvalue weighted by Crippen LogP contribution is 2.49. The van der Waals surface area contributed by atoms with Crippen molar-refractivity contribution in [2.75, 3.05) is 10.2 Å². The van der Waals surface area contributed by atoms with Crippen molar-refractivity contribution in [2.24, 2.45) is 0 Å². The largest absolute Gasteiger partial charge is 0.355 e. The molecule has 0 spiro atoms. The van der Waals surface area contributed by atoms with Crippen molar-refractivity contribution in [3.63, 3.8) is 0 Å². The Balaban J connectivity index is 1.62. The Morgan fingerprint density at radius 3 is 1.86 bits per heavy atom. The van der Waals surface area contributed by atoms with Crippen LogP contribution in [0.2, 0.25) is 0 Å². The van der Waals surface area contributed by atoms with Crippen LogP contribution >= 0.6 is 0 Å². The fourth-order valence-corrected chi connectivity index (χ4v) is 7.22. The van der Waals surface area contributed by atoms with E-state index in [2.05, 4.69) is 170 Å². The van der Waals surface area contributed by atoms with Crippen LogP contribution in [-0.4, -0.2) is 0 Å². The second kappa shape index (κ2) is 12.5. The van der Waals surface area contributed by atoms with Gasteiger partial charge in [-0.3, -0.25) is 0 Å². The number of rotatable bonds is 6. The summed E-state index contributed by atoms with van der Waals surface area (Å²) in [5, 5.41) is 3.57. The fraction of sp³-hybridized carbons (Fsp3) is 0.362. The van der Waals surface area contributed by atoms with Crippen molar-refractivity contribution in [3.05, 3.63) is 137 Å². The number of anilines is 5. The molecule has 49 heavy (non-hydrogen) atoms. The van der Waals surface area contributed by atoms with Crippen LogP contribution in [0.25, 0.3) is 11.1 Å². The van der Waals surface area contributed by atoms with Crippen LogP contribution in [0.4, 0.5) is 28.4 Å². The number of hydrogen-bond acceptors (Lipinski definition) is 2. The average Bonchev–Trinajstić information content (AvgIpc) is 3.06. The van der Waals surface area contributed by atoms with Crippen LogP contribution in [0.1, 0.15) is 114 Å². The van der Waals surface area contributed by atoms with Crippen LogP contribution in [0.3, 0.4) is 0 Å². The molecule has 1 aliphatic rings. The fourth-order valence-electron chi connectivity index (χ4n) is 7.22. The van der Waals surface area contributed by atoms with Gasteiger partial charge in [0.25, 0.3) is 0 Å². The van der Waals surface area contributed by atoms with Crippen molar-refractivity contribution >= 4 is 28.4 Å². The summed E-state index contributed by atoms with van der Waals surface area (Å²) >= 11 is 0. The van der Waals surface area contributed by atoms with Gasteiger partial charge in [0.1, 0.15) is 0 Å². The molecule has 0 bridgehead atoms. The van der Waals surface area contributed by atoms with Gasteiger partial charge in [-0.25, -0.2) is 0 Å². The maximum Gasteiger partial charge on any atom is 0.0540 e. The molecule has 2 heteroatoms. The molecule has 6 rings (SSSR count). The number of nitrogens with one attached hydrogen (secondary N) is 1. The molecule has 0 atom stereocenters. The summed E-state index contributed by atoms with van der Waals surface area (Å²) in [5.41, 5.74) is 12.2. The Hall–Kier alpha value is -4.30. The summed E-state index contributed by atoms with van der Waals surface area (Å²) in [6.45, 7) is 20.4. The van der Waals surface area contributed by atoms with Crippen molar-refractivity contribution in [1.82, 2.24) is 0 Å². The van der Waals surface area contributed by atoms with E-state index >= 15 is 0 Å². The van der Waals surface area contributed by atoms with Crippen LogP contribution in [-0.2, 0) is 21.7 Å². The lowest BCUT2D eigenvalue weighted by Gasteiger charge is -2.42. The average molecular weight is 652 g/mol. The van der Waals surface area contributed by atoms with Gasteiger partial charge in [0.05, 0.1) is 5.69 Å². The molecule has 0 unspecified atom stereocenters. The topological polar surface area (TPSA) is 15.3 Å². The van der Waals surface area contributed by atoms with Gasteiger partial charge < -0.3 is 10.2 Å². The Bertz CT molecular complexity index is 2060. The van der Waals surface area contributed by atoms with Gasteiger partial charge in [0.2, 0.25) is 0 Å². The van der Waals surface area contributed by atoms with Crippen molar-refractivity contribution in [1.29, 1.82) is 0 Å². The summed E-state index contributed by atoms with van der Waals surface area (Å²) in [6, 6.07) is 38.3. The summed E-state index contributed by atoms with van der Waals surface area (Å²) in [7, 11) is 0. The predicted molar refractivity (Wildman–Crippen MR) is 214 cm³/mol. The van der Waals surface area contributed by atoms with Gasteiger partial charge in [-0.2, -0.15) is 0 Å². The second-order valence-electron chi connectivity index (χ2n) is 17.4. The Labute approximate surface area is 300 Å². The summed E-state index contributed by atoms with van der Waals surface area (Å²) in [4.78, 5) is 2.27. The zero-order chi connectivity index (χ0) is 37.9. The quantitative estimate of drug-likeness (QED) is 0.197. The SMILES string of the molecule is [2H]C([2H])([2H])c1cc(Nc2ccc(C(C)(C)C)cc2)cc(N(c2ccc3c(c2)C(C)(C)CCC3(C)C)c2ccc(C(C)(C)C)cc2-c2ccccc2)c1. The molecule has 5 aromatic rings. The van der Waals surface area contributed by atoms with Crippen molar-refractivity contribution in [2.45, 2.75) is 111 Å². The molecular formula is C47H56N2. The molecule has 0 saturated carbocycles. The van der Waals surface area contributed by atoms with E-state index in [-0.39, 0.29) is 27.2 Å². The third-order valence-electron chi connectivity index (χ3n) is 10.5. The Morgan fingerprint density at radius 1 is 0.592 bits per heavy atom. The van der Waals surface area contributed by atoms with Crippen LogP contribution in [0.5, 0.6) is 0 Å². The van der Waals surface area contributed by atoms with Crippen molar-refractivity contribution in [3.8, 4) is 11.1 Å². The molecule has 0 aromatic heterocycles. The van der Waals surface area contributed by atoms with Gasteiger partial charge in [0.15, 0.2) is 0 Å². The second-order valence-corrected chi connectivity index (χ2v) is 17.4. The summed E-state index contributed by atoms with van der Waals surface area (Å²) in [6.07, 6.45) is 2.23. The minimum Gasteiger partial charge on any atom is -0.355 e. The first kappa shape index (κ1) is 30.7. The molecule has 0 aliphatic heterocycles. The molecule has 0 amide bonds. The van der Waals surface area contributed by atoms with Gasteiger partial charge in [0, 0.05) is 32.4 Å².